The Morgan fingerprint density at radius 2 is 2.08 bits per heavy atom. The minimum Gasteiger partial charge on any atom is -0.478 e. The molecule has 0 aliphatic rings. The van der Waals surface area contributed by atoms with Crippen LogP contribution >= 0.6 is 0 Å². The maximum Gasteiger partial charge on any atom is 0.331 e. The van der Waals surface area contributed by atoms with Gasteiger partial charge in [0.1, 0.15) is 6.10 Å². The van der Waals surface area contributed by atoms with Gasteiger partial charge in [-0.05, 0) is 6.92 Å². The standard InChI is InChI=1S/C7H10O5/c1-5(4-8)12-7(11)3-2-6(9)10/h2-3,5,8H,4H2,1H3,(H,9,10)/b3-2+. The monoisotopic (exact) mass is 174 g/mol. The van der Waals surface area contributed by atoms with E-state index in [0.717, 1.165) is 6.08 Å². The lowest BCUT2D eigenvalue weighted by molar-refractivity contribution is -0.144. The molecule has 5 heteroatoms. The Labute approximate surface area is 69.3 Å². The summed E-state index contributed by atoms with van der Waals surface area (Å²) in [6, 6.07) is 0. The molecule has 0 amide bonds. The SMILES string of the molecule is CC(CO)OC(=O)/C=C/C(=O)O. The van der Waals surface area contributed by atoms with Crippen LogP contribution in [0.15, 0.2) is 12.2 Å². The van der Waals surface area contributed by atoms with Crippen molar-refractivity contribution in [2.45, 2.75) is 13.0 Å². The number of hydrogen-bond acceptors (Lipinski definition) is 4. The van der Waals surface area contributed by atoms with Gasteiger partial charge in [0.2, 0.25) is 0 Å². The van der Waals surface area contributed by atoms with E-state index >= 15 is 0 Å². The molecule has 0 saturated carbocycles. The van der Waals surface area contributed by atoms with Crippen LogP contribution in [0.5, 0.6) is 0 Å². The van der Waals surface area contributed by atoms with Crippen LogP contribution in [0.25, 0.3) is 0 Å². The zero-order valence-electron chi connectivity index (χ0n) is 6.56. The fraction of sp³-hybridized carbons (Fsp3) is 0.429. The Morgan fingerprint density at radius 1 is 1.50 bits per heavy atom. The van der Waals surface area contributed by atoms with E-state index in [1.165, 1.54) is 6.92 Å². The minimum absolute atomic E-state index is 0.285. The quantitative estimate of drug-likeness (QED) is 0.445. The summed E-state index contributed by atoms with van der Waals surface area (Å²) in [5.74, 6) is -2.00. The highest BCUT2D eigenvalue weighted by atomic mass is 16.5. The van der Waals surface area contributed by atoms with Crippen molar-refractivity contribution in [1.29, 1.82) is 0 Å². The number of hydrogen-bond donors (Lipinski definition) is 2. The first kappa shape index (κ1) is 10.6. The van der Waals surface area contributed by atoms with Gasteiger partial charge in [-0.15, -0.1) is 0 Å². The number of carbonyl (C=O) groups excluding carboxylic acids is 1. The maximum absolute atomic E-state index is 10.6. The van der Waals surface area contributed by atoms with Gasteiger partial charge in [-0.1, -0.05) is 0 Å². The van der Waals surface area contributed by atoms with Crippen LogP contribution in [-0.2, 0) is 14.3 Å². The average Bonchev–Trinajstić information content (AvgIpc) is 2.00. The zero-order valence-corrected chi connectivity index (χ0v) is 6.56. The summed E-state index contributed by atoms with van der Waals surface area (Å²) in [4.78, 5) is 20.5. The number of carbonyl (C=O) groups is 2. The van der Waals surface area contributed by atoms with Gasteiger partial charge >= 0.3 is 11.9 Å². The smallest absolute Gasteiger partial charge is 0.331 e. The van der Waals surface area contributed by atoms with E-state index in [1.54, 1.807) is 0 Å². The van der Waals surface area contributed by atoms with Crippen molar-refractivity contribution in [1.82, 2.24) is 0 Å². The molecule has 0 aliphatic carbocycles. The van der Waals surface area contributed by atoms with Crippen LogP contribution in [-0.4, -0.2) is 34.9 Å². The number of carboxylic acid groups (broad SMARTS) is 1. The van der Waals surface area contributed by atoms with Gasteiger partial charge in [0.15, 0.2) is 0 Å². The van der Waals surface area contributed by atoms with Gasteiger partial charge in [0.05, 0.1) is 6.61 Å². The Hall–Kier alpha value is -1.36. The number of esters is 1. The van der Waals surface area contributed by atoms with E-state index in [9.17, 15) is 9.59 Å². The molecule has 0 aliphatic heterocycles. The lowest BCUT2D eigenvalue weighted by Gasteiger charge is -2.06. The Balaban J connectivity index is 3.81. The summed E-state index contributed by atoms with van der Waals surface area (Å²) >= 11 is 0. The van der Waals surface area contributed by atoms with E-state index in [-0.39, 0.29) is 6.61 Å². The summed E-state index contributed by atoms with van der Waals surface area (Å²) in [5.41, 5.74) is 0. The second kappa shape index (κ2) is 5.31. The highest BCUT2D eigenvalue weighted by Crippen LogP contribution is 1.90. The summed E-state index contributed by atoms with van der Waals surface area (Å²) in [5, 5.41) is 16.6. The molecule has 0 aromatic heterocycles. The van der Waals surface area contributed by atoms with Crippen LogP contribution in [0.2, 0.25) is 0 Å². The van der Waals surface area contributed by atoms with Gasteiger partial charge in [-0.2, -0.15) is 0 Å². The molecule has 0 aromatic rings. The van der Waals surface area contributed by atoms with Crippen LogP contribution in [0.1, 0.15) is 6.92 Å². The van der Waals surface area contributed by atoms with Crippen molar-refractivity contribution in [2.75, 3.05) is 6.61 Å². The van der Waals surface area contributed by atoms with Gasteiger partial charge < -0.3 is 14.9 Å². The number of rotatable bonds is 4. The van der Waals surface area contributed by atoms with E-state index in [2.05, 4.69) is 4.74 Å². The molecule has 1 unspecified atom stereocenters. The molecule has 1 atom stereocenters. The molecular weight excluding hydrogens is 164 g/mol. The van der Waals surface area contributed by atoms with Crippen molar-refractivity contribution in [3.8, 4) is 0 Å². The molecule has 0 saturated heterocycles. The molecule has 0 fully saturated rings. The van der Waals surface area contributed by atoms with E-state index in [1.807, 2.05) is 0 Å². The first-order valence-corrected chi connectivity index (χ1v) is 3.28. The maximum atomic E-state index is 10.6. The number of ether oxygens (including phenoxy) is 1. The lowest BCUT2D eigenvalue weighted by atomic mass is 10.4. The van der Waals surface area contributed by atoms with Crippen molar-refractivity contribution < 1.29 is 24.5 Å². The fourth-order valence-corrected chi connectivity index (χ4v) is 0.414. The fourth-order valence-electron chi connectivity index (χ4n) is 0.414. The third-order valence-corrected chi connectivity index (χ3v) is 0.936. The second-order valence-electron chi connectivity index (χ2n) is 2.10. The third-order valence-electron chi connectivity index (χ3n) is 0.936. The molecule has 0 aromatic carbocycles. The minimum atomic E-state index is -1.22. The van der Waals surface area contributed by atoms with E-state index in [4.69, 9.17) is 10.2 Å². The number of aliphatic hydroxyl groups excluding tert-OH is 1. The van der Waals surface area contributed by atoms with Crippen LogP contribution in [0, 0.1) is 0 Å². The predicted octanol–water partition coefficient (Wildman–Crippen LogP) is -0.449. The largest absolute Gasteiger partial charge is 0.478 e. The molecule has 12 heavy (non-hydrogen) atoms. The topological polar surface area (TPSA) is 83.8 Å². The Kier molecular flexibility index (Phi) is 4.71. The third kappa shape index (κ3) is 5.43. The molecule has 2 N–H and O–H groups in total. The average molecular weight is 174 g/mol. The highest BCUT2D eigenvalue weighted by molar-refractivity contribution is 5.90. The lowest BCUT2D eigenvalue weighted by Crippen LogP contribution is -2.16. The molecule has 0 bridgehead atoms. The van der Waals surface area contributed by atoms with Gasteiger partial charge in [0, 0.05) is 12.2 Å². The first-order chi connectivity index (χ1) is 5.56. The van der Waals surface area contributed by atoms with Gasteiger partial charge in [-0.3, -0.25) is 0 Å². The molecule has 5 nitrogen and oxygen atoms in total. The van der Waals surface area contributed by atoms with Crippen LogP contribution < -0.4 is 0 Å². The highest BCUT2D eigenvalue weighted by Gasteiger charge is 2.04. The summed E-state index contributed by atoms with van der Waals surface area (Å²) in [6.07, 6.45) is 0.844. The van der Waals surface area contributed by atoms with Gasteiger partial charge in [0.25, 0.3) is 0 Å². The van der Waals surface area contributed by atoms with Crippen molar-refractivity contribution in [3.63, 3.8) is 0 Å². The van der Waals surface area contributed by atoms with Crippen molar-refractivity contribution >= 4 is 11.9 Å². The molecule has 0 spiro atoms. The van der Waals surface area contributed by atoms with E-state index < -0.39 is 18.0 Å². The normalized spacial score (nSPS) is 12.8. The second-order valence-corrected chi connectivity index (χ2v) is 2.10. The Morgan fingerprint density at radius 3 is 2.50 bits per heavy atom. The molecule has 0 heterocycles. The summed E-state index contributed by atoms with van der Waals surface area (Å²) in [7, 11) is 0. The molecule has 0 radical (unpaired) electrons. The summed E-state index contributed by atoms with van der Waals surface area (Å²) < 4.78 is 4.51. The van der Waals surface area contributed by atoms with Crippen molar-refractivity contribution in [2.24, 2.45) is 0 Å². The van der Waals surface area contributed by atoms with Crippen LogP contribution in [0.4, 0.5) is 0 Å². The van der Waals surface area contributed by atoms with Crippen LogP contribution in [0.3, 0.4) is 0 Å². The van der Waals surface area contributed by atoms with Crippen molar-refractivity contribution in [3.05, 3.63) is 12.2 Å². The molecule has 68 valence electrons. The number of aliphatic hydroxyl groups is 1. The predicted molar refractivity (Wildman–Crippen MR) is 39.4 cm³/mol. The Bertz CT molecular complexity index is 196. The number of carboxylic acids is 1. The first-order valence-electron chi connectivity index (χ1n) is 3.28. The molecular formula is C7H10O5. The summed E-state index contributed by atoms with van der Waals surface area (Å²) in [6.45, 7) is 1.21. The number of aliphatic carboxylic acids is 1. The van der Waals surface area contributed by atoms with Gasteiger partial charge in [-0.25, -0.2) is 9.59 Å². The van der Waals surface area contributed by atoms with E-state index in [0.29, 0.717) is 6.08 Å². The molecule has 0 rings (SSSR count). The zero-order chi connectivity index (χ0) is 9.56.